The van der Waals surface area contributed by atoms with Crippen molar-refractivity contribution in [3.05, 3.63) is 65.5 Å². The van der Waals surface area contributed by atoms with E-state index in [-0.39, 0.29) is 37.4 Å². The van der Waals surface area contributed by atoms with E-state index in [9.17, 15) is 18.8 Å². The number of ether oxygens (including phenoxy) is 2. The average Bonchev–Trinajstić information content (AvgIpc) is 2.92. The Kier molecular flexibility index (Phi) is 8.76. The molecule has 0 bridgehead atoms. The molecule has 9 heteroatoms. The third-order valence-corrected chi connectivity index (χ3v) is 7.09. The number of aryl methyl sites for hydroxylation is 1. The van der Waals surface area contributed by atoms with Gasteiger partial charge in [0.2, 0.25) is 5.91 Å². The number of amides is 3. The summed E-state index contributed by atoms with van der Waals surface area (Å²) in [6.07, 6.45) is 4.26. The quantitative estimate of drug-likeness (QED) is 0.630. The van der Waals surface area contributed by atoms with Gasteiger partial charge in [-0.15, -0.1) is 0 Å². The minimum absolute atomic E-state index is 0.00168. The number of hydrogen-bond acceptors (Lipinski definition) is 5. The van der Waals surface area contributed by atoms with E-state index in [1.54, 1.807) is 12.1 Å². The second kappa shape index (κ2) is 12.2. The van der Waals surface area contributed by atoms with Crippen LogP contribution >= 0.6 is 0 Å². The van der Waals surface area contributed by atoms with E-state index in [4.69, 9.17) is 9.47 Å². The van der Waals surface area contributed by atoms with Crippen molar-refractivity contribution in [3.63, 3.8) is 0 Å². The van der Waals surface area contributed by atoms with Gasteiger partial charge in [-0.2, -0.15) is 0 Å². The third-order valence-electron chi connectivity index (χ3n) is 7.09. The first-order valence-electron chi connectivity index (χ1n) is 12.8. The molecule has 2 aromatic rings. The minimum Gasteiger partial charge on any atom is -0.453 e. The maximum atomic E-state index is 14.5. The monoisotopic (exact) mass is 511 g/mol. The molecule has 37 heavy (non-hydrogen) atoms. The predicted molar refractivity (Wildman–Crippen MR) is 137 cm³/mol. The van der Waals surface area contributed by atoms with Gasteiger partial charge >= 0.3 is 6.09 Å². The number of carbonyl (C=O) groups excluding carboxylic acids is 3. The van der Waals surface area contributed by atoms with Gasteiger partial charge in [-0.1, -0.05) is 49.6 Å². The molecular weight excluding hydrogens is 477 g/mol. The molecule has 1 saturated heterocycles. The minimum atomic E-state index is -1.08. The first-order chi connectivity index (χ1) is 17.9. The Morgan fingerprint density at radius 2 is 1.86 bits per heavy atom. The third kappa shape index (κ3) is 6.10. The average molecular weight is 512 g/mol. The van der Waals surface area contributed by atoms with Crippen molar-refractivity contribution in [3.8, 4) is 0 Å². The Morgan fingerprint density at radius 1 is 1.11 bits per heavy atom. The lowest BCUT2D eigenvalue weighted by Gasteiger charge is -2.40. The number of halogens is 1. The molecule has 2 atom stereocenters. The zero-order valence-corrected chi connectivity index (χ0v) is 21.3. The molecule has 4 rings (SSSR count). The van der Waals surface area contributed by atoms with Gasteiger partial charge in [-0.05, 0) is 49.1 Å². The zero-order valence-electron chi connectivity index (χ0n) is 21.3. The Hall–Kier alpha value is -3.46. The Bertz CT molecular complexity index is 1120. The van der Waals surface area contributed by atoms with E-state index in [0.29, 0.717) is 5.56 Å². The van der Waals surface area contributed by atoms with Crippen LogP contribution < -0.4 is 10.2 Å². The summed E-state index contributed by atoms with van der Waals surface area (Å²) in [6, 6.07) is 10.8. The first kappa shape index (κ1) is 26.6. The van der Waals surface area contributed by atoms with E-state index in [1.165, 1.54) is 35.1 Å². The number of morpholine rings is 1. The van der Waals surface area contributed by atoms with Crippen molar-refractivity contribution in [2.24, 2.45) is 0 Å². The van der Waals surface area contributed by atoms with Gasteiger partial charge < -0.3 is 14.8 Å². The van der Waals surface area contributed by atoms with Gasteiger partial charge in [0, 0.05) is 18.3 Å². The van der Waals surface area contributed by atoms with E-state index < -0.39 is 29.9 Å². The molecule has 0 aromatic heterocycles. The molecule has 2 aromatic carbocycles. The van der Waals surface area contributed by atoms with E-state index >= 15 is 0 Å². The highest BCUT2D eigenvalue weighted by molar-refractivity contribution is 6.05. The van der Waals surface area contributed by atoms with Crippen LogP contribution in [0.3, 0.4) is 0 Å². The van der Waals surface area contributed by atoms with Crippen LogP contribution in [0.25, 0.3) is 0 Å². The van der Waals surface area contributed by atoms with Crippen molar-refractivity contribution in [1.29, 1.82) is 0 Å². The fraction of sp³-hybridized carbons (Fsp3) is 0.464. The maximum Gasteiger partial charge on any atom is 0.410 e. The number of anilines is 1. The Morgan fingerprint density at radius 3 is 2.57 bits per heavy atom. The molecule has 1 N–H and O–H groups in total. The van der Waals surface area contributed by atoms with Gasteiger partial charge in [0.15, 0.2) is 0 Å². The highest BCUT2D eigenvalue weighted by atomic mass is 19.1. The summed E-state index contributed by atoms with van der Waals surface area (Å²) < 4.78 is 24.9. The van der Waals surface area contributed by atoms with Crippen LogP contribution in [0.15, 0.2) is 48.5 Å². The fourth-order valence-corrected chi connectivity index (χ4v) is 5.15. The Balaban J connectivity index is 1.81. The second-order valence-electron chi connectivity index (χ2n) is 9.54. The number of nitrogens with one attached hydrogen (secondary N) is 1. The summed E-state index contributed by atoms with van der Waals surface area (Å²) in [7, 11) is 1.25. The second-order valence-corrected chi connectivity index (χ2v) is 9.54. The van der Waals surface area contributed by atoms with E-state index in [1.807, 2.05) is 25.1 Å². The van der Waals surface area contributed by atoms with Crippen LogP contribution in [0.2, 0.25) is 0 Å². The topological polar surface area (TPSA) is 88.2 Å². The lowest BCUT2D eigenvalue weighted by molar-refractivity contribution is -0.132. The predicted octanol–water partition coefficient (Wildman–Crippen LogP) is 4.12. The van der Waals surface area contributed by atoms with Crippen LogP contribution in [-0.2, 0) is 19.1 Å². The van der Waals surface area contributed by atoms with Crippen LogP contribution in [0.1, 0.15) is 49.3 Å². The highest BCUT2D eigenvalue weighted by Crippen LogP contribution is 2.33. The summed E-state index contributed by atoms with van der Waals surface area (Å²) in [5.41, 5.74) is 1.65. The molecule has 0 radical (unpaired) electrons. The van der Waals surface area contributed by atoms with E-state index in [2.05, 4.69) is 5.32 Å². The number of carbonyl (C=O) groups is 3. The Labute approximate surface area is 216 Å². The fourth-order valence-electron chi connectivity index (χ4n) is 5.15. The molecule has 198 valence electrons. The normalized spacial score (nSPS) is 19.1. The van der Waals surface area contributed by atoms with Crippen molar-refractivity contribution in [2.45, 2.75) is 57.2 Å². The van der Waals surface area contributed by atoms with Crippen LogP contribution in [-0.4, -0.2) is 61.8 Å². The molecule has 8 nitrogen and oxygen atoms in total. The molecule has 1 heterocycles. The summed E-state index contributed by atoms with van der Waals surface area (Å²) in [4.78, 5) is 43.4. The molecule has 1 saturated carbocycles. The van der Waals surface area contributed by atoms with Gasteiger partial charge in [0.25, 0.3) is 5.91 Å². The van der Waals surface area contributed by atoms with Crippen molar-refractivity contribution in [2.75, 3.05) is 31.8 Å². The number of rotatable bonds is 6. The van der Waals surface area contributed by atoms with Crippen molar-refractivity contribution < 1.29 is 28.2 Å². The van der Waals surface area contributed by atoms with E-state index in [0.717, 1.165) is 37.7 Å². The van der Waals surface area contributed by atoms with Crippen molar-refractivity contribution in [1.82, 2.24) is 10.2 Å². The summed E-state index contributed by atoms with van der Waals surface area (Å²) in [6.45, 7) is 2.21. The van der Waals surface area contributed by atoms with Crippen LogP contribution in [0, 0.1) is 12.7 Å². The van der Waals surface area contributed by atoms with Gasteiger partial charge in [0.1, 0.15) is 17.9 Å². The molecule has 1 aliphatic heterocycles. The number of hydrogen-bond donors (Lipinski definition) is 1. The lowest BCUT2D eigenvalue weighted by Crippen LogP contribution is -2.59. The first-order valence-corrected chi connectivity index (χ1v) is 12.8. The van der Waals surface area contributed by atoms with Gasteiger partial charge in [-0.25, -0.2) is 9.18 Å². The largest absolute Gasteiger partial charge is 0.453 e. The molecule has 2 unspecified atom stereocenters. The maximum absolute atomic E-state index is 14.5. The number of benzene rings is 2. The smallest absolute Gasteiger partial charge is 0.410 e. The number of methoxy groups -OCH3 is 1. The number of nitrogens with zero attached hydrogens (tertiary/aromatic N) is 2. The van der Waals surface area contributed by atoms with Crippen LogP contribution in [0.4, 0.5) is 14.9 Å². The van der Waals surface area contributed by atoms with Crippen LogP contribution in [0.5, 0.6) is 0 Å². The molecule has 1 aliphatic carbocycles. The molecular formula is C28H34FN3O5. The summed E-state index contributed by atoms with van der Waals surface area (Å²) in [5, 5.41) is 3.15. The van der Waals surface area contributed by atoms with Gasteiger partial charge in [-0.3, -0.25) is 19.4 Å². The molecule has 2 aliphatic rings. The summed E-state index contributed by atoms with van der Waals surface area (Å²) >= 11 is 0. The molecule has 2 fully saturated rings. The molecule has 0 spiro atoms. The summed E-state index contributed by atoms with van der Waals surface area (Å²) in [5.74, 6) is -1.45. The standard InChI is InChI=1S/C28H34FN3O5/c1-19-9-6-7-14-23(19)25(26(33)30-21-11-4-3-5-12-21)32(22-13-8-10-20(29)17-22)27(34)24-18-37-16-15-31(24)28(35)36-2/h6-10,13-14,17,21,24-25H,3-5,11-12,15-16,18H2,1-2H3,(H,30,33). The van der Waals surface area contributed by atoms with Crippen molar-refractivity contribution >= 4 is 23.6 Å². The molecule has 3 amide bonds. The lowest BCUT2D eigenvalue weighted by atomic mass is 9.93. The SMILES string of the molecule is COC(=O)N1CCOCC1C(=O)N(c1cccc(F)c1)C(C(=O)NC1CCCCC1)c1ccccc1C. The van der Waals surface area contributed by atoms with Gasteiger partial charge in [0.05, 0.1) is 20.3 Å². The highest BCUT2D eigenvalue weighted by Gasteiger charge is 2.42. The zero-order chi connectivity index (χ0) is 26.4.